The second-order valence-corrected chi connectivity index (χ2v) is 8.62. The highest BCUT2D eigenvalue weighted by molar-refractivity contribution is 7.86. The van der Waals surface area contributed by atoms with Gasteiger partial charge in [0.15, 0.2) is 0 Å². The average Bonchev–Trinajstić information content (AvgIpc) is 3.30. The Morgan fingerprint density at radius 2 is 1.86 bits per heavy atom. The maximum atomic E-state index is 12.6. The van der Waals surface area contributed by atoms with E-state index in [9.17, 15) is 8.42 Å². The monoisotopic (exact) mass is 313 g/mol. The van der Waals surface area contributed by atoms with Crippen LogP contribution in [0.2, 0.25) is 0 Å². The fourth-order valence-electron chi connectivity index (χ4n) is 3.09. The molecule has 2 heterocycles. The van der Waals surface area contributed by atoms with E-state index < -0.39 is 10.2 Å². The van der Waals surface area contributed by atoms with Crippen LogP contribution in [0, 0.1) is 5.92 Å². The van der Waals surface area contributed by atoms with Crippen molar-refractivity contribution < 1.29 is 8.42 Å². The molecule has 0 aromatic heterocycles. The van der Waals surface area contributed by atoms with E-state index in [1.807, 2.05) is 6.08 Å². The van der Waals surface area contributed by atoms with E-state index in [0.29, 0.717) is 32.1 Å². The lowest BCUT2D eigenvalue weighted by atomic mass is 9.98. The molecule has 1 saturated carbocycles. The zero-order chi connectivity index (χ0) is 14.9. The molecule has 2 aliphatic heterocycles. The first-order valence-corrected chi connectivity index (χ1v) is 9.59. The normalized spacial score (nSPS) is 26.8. The molecule has 2 fully saturated rings. The SMILES string of the molecule is CC1=CCN(S(=O)(=O)N2CCC(CNC3CC3)CC2)CC1. The molecule has 1 aliphatic carbocycles. The molecular formula is C15H27N3O2S. The van der Waals surface area contributed by atoms with Crippen LogP contribution < -0.4 is 5.32 Å². The standard InChI is InChI=1S/C15H27N3O2S/c1-13-4-8-17(9-5-13)21(19,20)18-10-6-14(7-11-18)12-16-15-2-3-15/h4,14-16H,2-3,5-12H2,1H3. The van der Waals surface area contributed by atoms with Gasteiger partial charge in [-0.25, -0.2) is 0 Å². The van der Waals surface area contributed by atoms with Crippen LogP contribution in [-0.4, -0.2) is 55.8 Å². The first kappa shape index (κ1) is 15.5. The topological polar surface area (TPSA) is 52.7 Å². The van der Waals surface area contributed by atoms with Crippen LogP contribution in [0.15, 0.2) is 11.6 Å². The molecule has 0 spiro atoms. The second kappa shape index (κ2) is 6.36. The molecule has 21 heavy (non-hydrogen) atoms. The van der Waals surface area contributed by atoms with E-state index in [1.165, 1.54) is 18.4 Å². The molecule has 0 aromatic rings. The van der Waals surface area contributed by atoms with Gasteiger partial charge in [-0.05, 0) is 51.5 Å². The fourth-order valence-corrected chi connectivity index (χ4v) is 4.67. The van der Waals surface area contributed by atoms with Crippen LogP contribution in [0.5, 0.6) is 0 Å². The third-order valence-corrected chi connectivity index (χ3v) is 6.90. The summed E-state index contributed by atoms with van der Waals surface area (Å²) < 4.78 is 28.6. The molecule has 0 unspecified atom stereocenters. The molecule has 120 valence electrons. The van der Waals surface area contributed by atoms with E-state index in [1.54, 1.807) is 8.61 Å². The Kier molecular flexibility index (Phi) is 4.69. The summed E-state index contributed by atoms with van der Waals surface area (Å²) in [5, 5.41) is 3.56. The summed E-state index contributed by atoms with van der Waals surface area (Å²) in [5.41, 5.74) is 1.30. The summed E-state index contributed by atoms with van der Waals surface area (Å²) in [5.74, 6) is 0.639. The quantitative estimate of drug-likeness (QED) is 0.780. The Morgan fingerprint density at radius 1 is 1.14 bits per heavy atom. The summed E-state index contributed by atoms with van der Waals surface area (Å²) in [4.78, 5) is 0. The number of piperidine rings is 1. The number of nitrogens with zero attached hydrogens (tertiary/aromatic N) is 2. The molecule has 0 aromatic carbocycles. The number of nitrogens with one attached hydrogen (secondary N) is 1. The van der Waals surface area contributed by atoms with Crippen molar-refractivity contribution >= 4 is 10.2 Å². The van der Waals surface area contributed by atoms with Crippen molar-refractivity contribution in [3.05, 3.63) is 11.6 Å². The van der Waals surface area contributed by atoms with Gasteiger partial charge < -0.3 is 5.32 Å². The summed E-state index contributed by atoms with van der Waals surface area (Å²) in [6.07, 6.45) is 7.50. The Hall–Kier alpha value is -0.430. The average molecular weight is 313 g/mol. The van der Waals surface area contributed by atoms with Crippen molar-refractivity contribution in [1.29, 1.82) is 0 Å². The maximum absolute atomic E-state index is 12.6. The van der Waals surface area contributed by atoms with Crippen molar-refractivity contribution in [2.75, 3.05) is 32.7 Å². The minimum atomic E-state index is -3.25. The van der Waals surface area contributed by atoms with Crippen LogP contribution in [0.25, 0.3) is 0 Å². The van der Waals surface area contributed by atoms with Gasteiger partial charge in [-0.3, -0.25) is 0 Å². The highest BCUT2D eigenvalue weighted by Crippen LogP contribution is 2.24. The van der Waals surface area contributed by atoms with E-state index in [0.717, 1.165) is 31.8 Å². The highest BCUT2D eigenvalue weighted by Gasteiger charge is 2.33. The smallest absolute Gasteiger partial charge is 0.282 e. The van der Waals surface area contributed by atoms with Crippen molar-refractivity contribution in [2.45, 2.75) is 45.1 Å². The molecule has 0 radical (unpaired) electrons. The van der Waals surface area contributed by atoms with Gasteiger partial charge in [0.05, 0.1) is 0 Å². The molecule has 3 rings (SSSR count). The third-order valence-electron chi connectivity index (χ3n) is 4.90. The molecule has 6 heteroatoms. The third kappa shape index (κ3) is 3.86. The molecule has 1 saturated heterocycles. The second-order valence-electron chi connectivity index (χ2n) is 6.69. The zero-order valence-electron chi connectivity index (χ0n) is 12.9. The Morgan fingerprint density at radius 3 is 2.43 bits per heavy atom. The van der Waals surface area contributed by atoms with Gasteiger partial charge in [-0.15, -0.1) is 0 Å². The molecule has 1 N–H and O–H groups in total. The first-order valence-electron chi connectivity index (χ1n) is 8.20. The highest BCUT2D eigenvalue weighted by atomic mass is 32.2. The zero-order valence-corrected chi connectivity index (χ0v) is 13.7. The molecule has 5 nitrogen and oxygen atoms in total. The van der Waals surface area contributed by atoms with Crippen molar-refractivity contribution in [3.8, 4) is 0 Å². The van der Waals surface area contributed by atoms with Crippen LogP contribution >= 0.6 is 0 Å². The van der Waals surface area contributed by atoms with Crippen molar-refractivity contribution in [2.24, 2.45) is 5.92 Å². The van der Waals surface area contributed by atoms with Crippen LogP contribution in [-0.2, 0) is 10.2 Å². The van der Waals surface area contributed by atoms with Gasteiger partial charge in [0, 0.05) is 32.2 Å². The number of hydrogen-bond donors (Lipinski definition) is 1. The Labute approximate surface area is 128 Å². The maximum Gasteiger partial charge on any atom is 0.282 e. The van der Waals surface area contributed by atoms with E-state index in [2.05, 4.69) is 12.2 Å². The molecule has 3 aliphatic rings. The minimum Gasteiger partial charge on any atom is -0.314 e. The van der Waals surface area contributed by atoms with Gasteiger partial charge in [0.1, 0.15) is 0 Å². The van der Waals surface area contributed by atoms with E-state index in [-0.39, 0.29) is 0 Å². The van der Waals surface area contributed by atoms with Gasteiger partial charge in [0.2, 0.25) is 0 Å². The Bertz CT molecular complexity index is 491. The summed E-state index contributed by atoms with van der Waals surface area (Å²) >= 11 is 0. The van der Waals surface area contributed by atoms with Crippen molar-refractivity contribution in [3.63, 3.8) is 0 Å². The summed E-state index contributed by atoms with van der Waals surface area (Å²) in [6, 6.07) is 0.745. The lowest BCUT2D eigenvalue weighted by molar-refractivity contribution is 0.250. The first-order chi connectivity index (χ1) is 10.1. The number of rotatable bonds is 5. The van der Waals surface area contributed by atoms with Gasteiger partial charge in [-0.1, -0.05) is 11.6 Å². The van der Waals surface area contributed by atoms with Crippen LogP contribution in [0.1, 0.15) is 39.0 Å². The van der Waals surface area contributed by atoms with E-state index in [4.69, 9.17) is 0 Å². The predicted octanol–water partition coefficient (Wildman–Crippen LogP) is 1.35. The van der Waals surface area contributed by atoms with Crippen LogP contribution in [0.4, 0.5) is 0 Å². The Balaban J connectivity index is 1.50. The molecule has 0 atom stereocenters. The van der Waals surface area contributed by atoms with Gasteiger partial charge in [-0.2, -0.15) is 17.0 Å². The van der Waals surface area contributed by atoms with E-state index >= 15 is 0 Å². The fraction of sp³-hybridized carbons (Fsp3) is 0.867. The van der Waals surface area contributed by atoms with Gasteiger partial charge >= 0.3 is 0 Å². The lowest BCUT2D eigenvalue weighted by Crippen LogP contribution is -2.49. The van der Waals surface area contributed by atoms with Gasteiger partial charge in [0.25, 0.3) is 10.2 Å². The van der Waals surface area contributed by atoms with Crippen LogP contribution in [0.3, 0.4) is 0 Å². The summed E-state index contributed by atoms with van der Waals surface area (Å²) in [6.45, 7) is 5.66. The molecule has 0 bridgehead atoms. The van der Waals surface area contributed by atoms with Crippen molar-refractivity contribution in [1.82, 2.24) is 13.9 Å². The number of hydrogen-bond acceptors (Lipinski definition) is 3. The minimum absolute atomic E-state index is 0.539. The summed E-state index contributed by atoms with van der Waals surface area (Å²) in [7, 11) is -3.25. The lowest BCUT2D eigenvalue weighted by Gasteiger charge is -2.35. The predicted molar refractivity (Wildman–Crippen MR) is 84.2 cm³/mol. The molecular weight excluding hydrogens is 286 g/mol. The largest absolute Gasteiger partial charge is 0.314 e. The molecule has 0 amide bonds.